The van der Waals surface area contributed by atoms with E-state index in [1.165, 1.54) is 11.3 Å². The Bertz CT molecular complexity index is 501. The zero-order valence-corrected chi connectivity index (χ0v) is 12.7. The quantitative estimate of drug-likeness (QED) is 0.896. The number of nitrogens with one attached hydrogen (secondary N) is 1. The minimum Gasteiger partial charge on any atom is -0.378 e. The molecule has 1 aliphatic heterocycles. The van der Waals surface area contributed by atoms with E-state index in [2.05, 4.69) is 10.3 Å². The van der Waals surface area contributed by atoms with Crippen LogP contribution in [0.1, 0.15) is 29.3 Å². The Labute approximate surface area is 122 Å². The minimum absolute atomic E-state index is 0.0660. The van der Waals surface area contributed by atoms with E-state index in [-0.39, 0.29) is 17.7 Å². The number of aromatic nitrogens is 1. The number of amides is 2. The van der Waals surface area contributed by atoms with Crippen molar-refractivity contribution in [3.05, 3.63) is 16.1 Å². The van der Waals surface area contributed by atoms with Crippen LogP contribution >= 0.6 is 11.3 Å². The summed E-state index contributed by atoms with van der Waals surface area (Å²) in [4.78, 5) is 30.4. The fourth-order valence-corrected chi connectivity index (χ4v) is 3.06. The number of thiazole rings is 1. The van der Waals surface area contributed by atoms with Crippen LogP contribution in [-0.4, -0.2) is 47.9 Å². The van der Waals surface area contributed by atoms with E-state index in [0.717, 1.165) is 5.01 Å². The molecule has 1 N–H and O–H groups in total. The number of ether oxygens (including phenoxy) is 1. The number of nitrogens with zero attached hydrogens (tertiary/aromatic N) is 2. The van der Waals surface area contributed by atoms with Crippen LogP contribution in [0.25, 0.3) is 0 Å². The summed E-state index contributed by atoms with van der Waals surface area (Å²) >= 11 is 1.39. The standard InChI is InChI=1S/C13H19N3O3S/c1-8(2)11-12(17)14-4-5-16(11)13(18)9-7-20-10(15-9)6-19-3/h7-8,11H,4-6H2,1-3H3,(H,14,17)/t11-/m1/s1. The summed E-state index contributed by atoms with van der Waals surface area (Å²) in [6.07, 6.45) is 0. The molecule has 1 saturated heterocycles. The highest BCUT2D eigenvalue weighted by atomic mass is 32.1. The molecule has 110 valence electrons. The molecule has 2 rings (SSSR count). The lowest BCUT2D eigenvalue weighted by Gasteiger charge is -2.36. The maximum atomic E-state index is 12.5. The van der Waals surface area contributed by atoms with E-state index in [1.807, 2.05) is 13.8 Å². The molecule has 0 unspecified atom stereocenters. The highest BCUT2D eigenvalue weighted by molar-refractivity contribution is 7.09. The first-order valence-electron chi connectivity index (χ1n) is 6.56. The zero-order chi connectivity index (χ0) is 14.7. The first-order valence-corrected chi connectivity index (χ1v) is 7.44. The summed E-state index contributed by atoms with van der Waals surface area (Å²) in [7, 11) is 1.59. The van der Waals surface area contributed by atoms with Crippen LogP contribution in [0.2, 0.25) is 0 Å². The second-order valence-corrected chi connectivity index (χ2v) is 5.98. The van der Waals surface area contributed by atoms with Crippen LogP contribution in [0.3, 0.4) is 0 Å². The van der Waals surface area contributed by atoms with Crippen molar-refractivity contribution in [3.8, 4) is 0 Å². The molecule has 1 aromatic heterocycles. The monoisotopic (exact) mass is 297 g/mol. The Kier molecular flexibility index (Phi) is 4.72. The highest BCUT2D eigenvalue weighted by Crippen LogP contribution is 2.19. The van der Waals surface area contributed by atoms with Crippen molar-refractivity contribution < 1.29 is 14.3 Å². The van der Waals surface area contributed by atoms with E-state index in [1.54, 1.807) is 17.4 Å². The molecule has 0 radical (unpaired) electrons. The van der Waals surface area contributed by atoms with Gasteiger partial charge in [0.1, 0.15) is 16.7 Å². The molecule has 20 heavy (non-hydrogen) atoms. The third-order valence-electron chi connectivity index (χ3n) is 3.19. The van der Waals surface area contributed by atoms with Crippen LogP contribution in [-0.2, 0) is 16.1 Å². The first-order chi connectivity index (χ1) is 9.54. The van der Waals surface area contributed by atoms with Crippen LogP contribution in [0, 0.1) is 5.92 Å². The maximum absolute atomic E-state index is 12.5. The number of piperazine rings is 1. The molecular weight excluding hydrogens is 278 g/mol. The smallest absolute Gasteiger partial charge is 0.274 e. The van der Waals surface area contributed by atoms with Gasteiger partial charge in [-0.3, -0.25) is 9.59 Å². The summed E-state index contributed by atoms with van der Waals surface area (Å²) in [6.45, 7) is 5.28. The fourth-order valence-electron chi connectivity index (χ4n) is 2.32. The lowest BCUT2D eigenvalue weighted by Crippen LogP contribution is -2.59. The lowest BCUT2D eigenvalue weighted by atomic mass is 9.99. The van der Waals surface area contributed by atoms with E-state index >= 15 is 0 Å². The molecule has 2 heterocycles. The fraction of sp³-hybridized carbons (Fsp3) is 0.615. The third-order valence-corrected chi connectivity index (χ3v) is 4.01. The second kappa shape index (κ2) is 6.32. The van der Waals surface area contributed by atoms with E-state index in [0.29, 0.717) is 25.4 Å². The van der Waals surface area contributed by atoms with Gasteiger partial charge in [0.2, 0.25) is 5.91 Å². The van der Waals surface area contributed by atoms with Crippen LogP contribution in [0.15, 0.2) is 5.38 Å². The SMILES string of the molecule is COCc1nc(C(=O)N2CCNC(=O)[C@H]2C(C)C)cs1. The van der Waals surface area contributed by atoms with Gasteiger partial charge in [-0.1, -0.05) is 13.8 Å². The predicted molar refractivity (Wildman–Crippen MR) is 75.5 cm³/mol. The number of hydrogen-bond acceptors (Lipinski definition) is 5. The zero-order valence-electron chi connectivity index (χ0n) is 11.9. The van der Waals surface area contributed by atoms with Gasteiger partial charge in [0, 0.05) is 25.6 Å². The number of methoxy groups -OCH3 is 1. The molecule has 1 atom stereocenters. The Morgan fingerprint density at radius 2 is 2.40 bits per heavy atom. The van der Waals surface area contributed by atoms with Crippen LogP contribution in [0.4, 0.5) is 0 Å². The molecule has 0 bridgehead atoms. The van der Waals surface area contributed by atoms with Crippen molar-refractivity contribution in [3.63, 3.8) is 0 Å². The van der Waals surface area contributed by atoms with Crippen LogP contribution < -0.4 is 5.32 Å². The molecule has 0 saturated carbocycles. The Morgan fingerprint density at radius 1 is 1.65 bits per heavy atom. The van der Waals surface area contributed by atoms with Gasteiger partial charge in [0.05, 0.1) is 6.61 Å². The van der Waals surface area contributed by atoms with Crippen molar-refractivity contribution in [2.24, 2.45) is 5.92 Å². The van der Waals surface area contributed by atoms with Crippen molar-refractivity contribution in [1.29, 1.82) is 0 Å². The van der Waals surface area contributed by atoms with Gasteiger partial charge in [-0.25, -0.2) is 4.98 Å². The summed E-state index contributed by atoms with van der Waals surface area (Å²) in [5, 5.41) is 5.29. The molecule has 6 nitrogen and oxygen atoms in total. The second-order valence-electron chi connectivity index (χ2n) is 5.04. The molecule has 1 aliphatic rings. The van der Waals surface area contributed by atoms with Crippen molar-refractivity contribution in [2.75, 3.05) is 20.2 Å². The molecule has 1 fully saturated rings. The number of carbonyl (C=O) groups is 2. The third kappa shape index (κ3) is 2.99. The van der Waals surface area contributed by atoms with Gasteiger partial charge >= 0.3 is 0 Å². The van der Waals surface area contributed by atoms with Crippen molar-refractivity contribution in [1.82, 2.24) is 15.2 Å². The Balaban J connectivity index is 2.18. The van der Waals surface area contributed by atoms with E-state index in [9.17, 15) is 9.59 Å². The normalized spacial score (nSPS) is 19.3. The van der Waals surface area contributed by atoms with E-state index in [4.69, 9.17) is 4.74 Å². The molecule has 1 aromatic rings. The average molecular weight is 297 g/mol. The van der Waals surface area contributed by atoms with E-state index < -0.39 is 6.04 Å². The van der Waals surface area contributed by atoms with Gasteiger partial charge in [-0.05, 0) is 5.92 Å². The maximum Gasteiger partial charge on any atom is 0.274 e. The van der Waals surface area contributed by atoms with Gasteiger partial charge in [0.15, 0.2) is 0 Å². The molecule has 0 aromatic carbocycles. The molecular formula is C13H19N3O3S. The summed E-state index contributed by atoms with van der Waals surface area (Å²) < 4.78 is 5.00. The largest absolute Gasteiger partial charge is 0.378 e. The van der Waals surface area contributed by atoms with Crippen molar-refractivity contribution in [2.45, 2.75) is 26.5 Å². The van der Waals surface area contributed by atoms with Crippen LogP contribution in [0.5, 0.6) is 0 Å². The summed E-state index contributed by atoms with van der Waals surface area (Å²) in [5.74, 6) is -0.208. The highest BCUT2D eigenvalue weighted by Gasteiger charge is 2.36. The predicted octanol–water partition coefficient (Wildman–Crippen LogP) is 0.886. The van der Waals surface area contributed by atoms with Gasteiger partial charge in [-0.15, -0.1) is 11.3 Å². The molecule has 0 spiro atoms. The summed E-state index contributed by atoms with van der Waals surface area (Å²) in [5.41, 5.74) is 0.391. The number of rotatable bonds is 4. The Morgan fingerprint density at radius 3 is 3.05 bits per heavy atom. The molecule has 2 amide bonds. The number of carbonyl (C=O) groups excluding carboxylic acids is 2. The van der Waals surface area contributed by atoms with Gasteiger partial charge in [-0.2, -0.15) is 0 Å². The first kappa shape index (κ1) is 14.9. The van der Waals surface area contributed by atoms with Gasteiger partial charge < -0.3 is 15.0 Å². The van der Waals surface area contributed by atoms with Crippen molar-refractivity contribution >= 4 is 23.2 Å². The number of hydrogen-bond donors (Lipinski definition) is 1. The topological polar surface area (TPSA) is 71.5 Å². The average Bonchev–Trinajstić information content (AvgIpc) is 2.86. The molecule has 0 aliphatic carbocycles. The molecule has 7 heteroatoms. The Hall–Kier alpha value is -1.47. The summed E-state index contributed by atoms with van der Waals surface area (Å²) in [6, 6.07) is -0.427. The van der Waals surface area contributed by atoms with Gasteiger partial charge in [0.25, 0.3) is 5.91 Å². The lowest BCUT2D eigenvalue weighted by molar-refractivity contribution is -0.129. The minimum atomic E-state index is -0.427.